The smallest absolute Gasteiger partial charge is 0.272 e. The summed E-state index contributed by atoms with van der Waals surface area (Å²) in [7, 11) is 0. The maximum Gasteiger partial charge on any atom is 0.272 e. The summed E-state index contributed by atoms with van der Waals surface area (Å²) in [5.74, 6) is -4.12. The lowest BCUT2D eigenvalue weighted by atomic mass is 10.0. The number of nitrogens with one attached hydrogen (secondary N) is 1. The topological polar surface area (TPSA) is 115 Å². The molecule has 0 unspecified atom stereocenters. The molecule has 2 amide bonds. The van der Waals surface area contributed by atoms with Gasteiger partial charge in [0.05, 0.1) is 4.92 Å². The molecule has 0 radical (unpaired) electrons. The lowest BCUT2D eigenvalue weighted by Gasteiger charge is -2.15. The Hall–Kier alpha value is -3.36. The molecular formula is C16H13F2N3O4. The number of carbonyl (C=O) groups excluding carboxylic acids is 2. The van der Waals surface area contributed by atoms with E-state index in [2.05, 4.69) is 5.32 Å². The van der Waals surface area contributed by atoms with Crippen molar-refractivity contribution in [1.82, 2.24) is 5.32 Å². The van der Waals surface area contributed by atoms with Gasteiger partial charge in [0.2, 0.25) is 5.91 Å². The number of carbonyl (C=O) groups is 2. The van der Waals surface area contributed by atoms with Crippen molar-refractivity contribution in [2.75, 3.05) is 0 Å². The van der Waals surface area contributed by atoms with E-state index in [1.807, 2.05) is 0 Å². The second kappa shape index (κ2) is 7.47. The lowest BCUT2D eigenvalue weighted by molar-refractivity contribution is -0.385. The first-order chi connectivity index (χ1) is 11.8. The number of nitro groups is 1. The van der Waals surface area contributed by atoms with Gasteiger partial charge >= 0.3 is 0 Å². The van der Waals surface area contributed by atoms with E-state index in [1.54, 1.807) is 0 Å². The summed E-state index contributed by atoms with van der Waals surface area (Å²) in [5, 5.41) is 13.3. The van der Waals surface area contributed by atoms with Crippen LogP contribution in [0, 0.1) is 21.7 Å². The summed E-state index contributed by atoms with van der Waals surface area (Å²) in [6, 6.07) is 6.90. The minimum Gasteiger partial charge on any atom is -0.368 e. The van der Waals surface area contributed by atoms with Crippen LogP contribution in [0.15, 0.2) is 42.5 Å². The van der Waals surface area contributed by atoms with Crippen molar-refractivity contribution in [3.8, 4) is 0 Å². The first-order valence-corrected chi connectivity index (χ1v) is 7.07. The Morgan fingerprint density at radius 1 is 1.16 bits per heavy atom. The second-order valence-corrected chi connectivity index (χ2v) is 5.15. The predicted octanol–water partition coefficient (Wildman–Crippen LogP) is 1.70. The van der Waals surface area contributed by atoms with E-state index >= 15 is 0 Å². The standard InChI is InChI=1S/C16H13F2N3O4/c17-11-6-5-10(7-12(11)18)16(23)20-13(15(19)22)8-9-3-1-2-4-14(9)21(24)25/h1-7,13H,8H2,(H2,19,22)(H,20,23)/t13-/m1/s1. The van der Waals surface area contributed by atoms with Crippen LogP contribution in [0.3, 0.4) is 0 Å². The van der Waals surface area contributed by atoms with Gasteiger partial charge in [0.25, 0.3) is 11.6 Å². The molecule has 0 aliphatic heterocycles. The highest BCUT2D eigenvalue weighted by atomic mass is 19.2. The Morgan fingerprint density at radius 2 is 1.84 bits per heavy atom. The maximum atomic E-state index is 13.2. The number of nitro benzene ring substituents is 1. The Bertz CT molecular complexity index is 842. The molecule has 0 aliphatic rings. The zero-order chi connectivity index (χ0) is 18.6. The average Bonchev–Trinajstić information content (AvgIpc) is 2.56. The molecule has 0 heterocycles. The molecule has 1 atom stereocenters. The molecule has 130 valence electrons. The number of primary amides is 1. The van der Waals surface area contributed by atoms with Crippen LogP contribution in [0.5, 0.6) is 0 Å². The van der Waals surface area contributed by atoms with E-state index in [0.29, 0.717) is 6.07 Å². The predicted molar refractivity (Wildman–Crippen MR) is 83.6 cm³/mol. The van der Waals surface area contributed by atoms with Crippen LogP contribution >= 0.6 is 0 Å². The molecule has 0 fully saturated rings. The maximum absolute atomic E-state index is 13.2. The van der Waals surface area contributed by atoms with Gasteiger partial charge in [-0.3, -0.25) is 19.7 Å². The molecule has 0 saturated heterocycles. The first-order valence-electron chi connectivity index (χ1n) is 7.07. The molecule has 2 aromatic carbocycles. The van der Waals surface area contributed by atoms with Gasteiger partial charge in [-0.25, -0.2) is 8.78 Å². The molecule has 3 N–H and O–H groups in total. The zero-order valence-electron chi connectivity index (χ0n) is 12.7. The van der Waals surface area contributed by atoms with Crippen molar-refractivity contribution < 1.29 is 23.3 Å². The summed E-state index contributed by atoms with van der Waals surface area (Å²) >= 11 is 0. The molecule has 25 heavy (non-hydrogen) atoms. The van der Waals surface area contributed by atoms with Gasteiger partial charge in [-0.15, -0.1) is 0 Å². The molecule has 0 saturated carbocycles. The fraction of sp³-hybridized carbons (Fsp3) is 0.125. The van der Waals surface area contributed by atoms with E-state index < -0.39 is 34.4 Å². The quantitative estimate of drug-likeness (QED) is 0.610. The third-order valence-corrected chi connectivity index (χ3v) is 3.44. The third kappa shape index (κ3) is 4.34. The van der Waals surface area contributed by atoms with E-state index in [9.17, 15) is 28.5 Å². The lowest BCUT2D eigenvalue weighted by Crippen LogP contribution is -2.46. The van der Waals surface area contributed by atoms with Gasteiger partial charge in [0, 0.05) is 23.6 Å². The van der Waals surface area contributed by atoms with E-state index in [1.165, 1.54) is 24.3 Å². The van der Waals surface area contributed by atoms with Gasteiger partial charge in [0.15, 0.2) is 11.6 Å². The third-order valence-electron chi connectivity index (χ3n) is 3.44. The summed E-state index contributed by atoms with van der Waals surface area (Å²) < 4.78 is 26.1. The molecule has 0 spiro atoms. The largest absolute Gasteiger partial charge is 0.368 e. The molecule has 0 aliphatic carbocycles. The van der Waals surface area contributed by atoms with Crippen molar-refractivity contribution in [2.45, 2.75) is 12.5 Å². The number of nitrogens with zero attached hydrogens (tertiary/aromatic N) is 1. The molecule has 2 aromatic rings. The number of rotatable bonds is 6. The highest BCUT2D eigenvalue weighted by Crippen LogP contribution is 2.19. The highest BCUT2D eigenvalue weighted by Gasteiger charge is 2.24. The van der Waals surface area contributed by atoms with E-state index in [4.69, 9.17) is 5.73 Å². The molecule has 2 rings (SSSR count). The fourth-order valence-corrected chi connectivity index (χ4v) is 2.18. The van der Waals surface area contributed by atoms with Crippen molar-refractivity contribution in [3.63, 3.8) is 0 Å². The van der Waals surface area contributed by atoms with Crippen LogP contribution in [0.2, 0.25) is 0 Å². The number of hydrogen-bond acceptors (Lipinski definition) is 4. The van der Waals surface area contributed by atoms with Crippen LogP contribution in [-0.4, -0.2) is 22.8 Å². The van der Waals surface area contributed by atoms with Crippen molar-refractivity contribution in [1.29, 1.82) is 0 Å². The zero-order valence-corrected chi connectivity index (χ0v) is 12.7. The Morgan fingerprint density at radius 3 is 2.44 bits per heavy atom. The van der Waals surface area contributed by atoms with Crippen molar-refractivity contribution in [3.05, 3.63) is 75.3 Å². The summed E-state index contributed by atoms with van der Waals surface area (Å²) in [4.78, 5) is 34.1. The van der Waals surface area contributed by atoms with Gasteiger partial charge in [-0.2, -0.15) is 0 Å². The van der Waals surface area contributed by atoms with E-state index in [-0.39, 0.29) is 23.2 Å². The average molecular weight is 349 g/mol. The number of amides is 2. The number of hydrogen-bond donors (Lipinski definition) is 2. The van der Waals surface area contributed by atoms with Gasteiger partial charge < -0.3 is 11.1 Å². The molecule has 0 aromatic heterocycles. The van der Waals surface area contributed by atoms with Gasteiger partial charge in [-0.1, -0.05) is 18.2 Å². The van der Waals surface area contributed by atoms with Gasteiger partial charge in [-0.05, 0) is 18.2 Å². The van der Waals surface area contributed by atoms with Crippen molar-refractivity contribution >= 4 is 17.5 Å². The van der Waals surface area contributed by atoms with Crippen LogP contribution in [0.25, 0.3) is 0 Å². The molecular weight excluding hydrogens is 336 g/mol. The Labute approximate surface area is 140 Å². The van der Waals surface area contributed by atoms with Crippen LogP contribution in [0.1, 0.15) is 15.9 Å². The fourth-order valence-electron chi connectivity index (χ4n) is 2.18. The number of benzene rings is 2. The molecule has 9 heteroatoms. The second-order valence-electron chi connectivity index (χ2n) is 5.15. The van der Waals surface area contributed by atoms with Crippen LogP contribution in [0.4, 0.5) is 14.5 Å². The van der Waals surface area contributed by atoms with Crippen LogP contribution in [-0.2, 0) is 11.2 Å². The van der Waals surface area contributed by atoms with Crippen LogP contribution < -0.4 is 11.1 Å². The molecule has 0 bridgehead atoms. The monoisotopic (exact) mass is 349 g/mol. The Kier molecular flexibility index (Phi) is 5.38. The SMILES string of the molecule is NC(=O)[C@@H](Cc1ccccc1[N+](=O)[O-])NC(=O)c1ccc(F)c(F)c1. The minimum atomic E-state index is -1.26. The normalized spacial score (nSPS) is 11.6. The summed E-state index contributed by atoms with van der Waals surface area (Å²) in [5.41, 5.74) is 4.99. The van der Waals surface area contributed by atoms with Crippen molar-refractivity contribution in [2.24, 2.45) is 5.73 Å². The number of para-hydroxylation sites is 1. The van der Waals surface area contributed by atoms with E-state index in [0.717, 1.165) is 12.1 Å². The number of nitrogens with two attached hydrogens (primary N) is 1. The molecule has 7 nitrogen and oxygen atoms in total. The summed E-state index contributed by atoms with van der Waals surface area (Å²) in [6.07, 6.45) is -0.220. The highest BCUT2D eigenvalue weighted by molar-refractivity contribution is 5.97. The Balaban J connectivity index is 2.22. The first kappa shape index (κ1) is 18.0. The van der Waals surface area contributed by atoms with Gasteiger partial charge in [0.1, 0.15) is 6.04 Å². The minimum absolute atomic E-state index is 0.196. The number of halogens is 2. The summed E-state index contributed by atoms with van der Waals surface area (Å²) in [6.45, 7) is 0.